The molecule has 1 atom stereocenters. The number of nitrogens with one attached hydrogen (secondary N) is 1. The van der Waals surface area contributed by atoms with Crippen LogP contribution in [0, 0.1) is 5.41 Å². The van der Waals surface area contributed by atoms with Crippen LogP contribution in [0.3, 0.4) is 0 Å². The van der Waals surface area contributed by atoms with E-state index in [0.29, 0.717) is 12.4 Å². The van der Waals surface area contributed by atoms with Gasteiger partial charge in [0.1, 0.15) is 5.84 Å². The Labute approximate surface area is 131 Å². The molecule has 0 aromatic heterocycles. The highest BCUT2D eigenvalue weighted by molar-refractivity contribution is 5.95. The summed E-state index contributed by atoms with van der Waals surface area (Å²) in [5, 5.41) is 7.77. The zero-order valence-corrected chi connectivity index (χ0v) is 13.2. The van der Waals surface area contributed by atoms with E-state index in [4.69, 9.17) is 22.6 Å². The Morgan fingerprint density at radius 2 is 1.95 bits per heavy atom. The molecule has 1 aromatic carbocycles. The average molecular weight is 302 g/mol. The number of hydrogen-bond acceptors (Lipinski definition) is 3. The van der Waals surface area contributed by atoms with Gasteiger partial charge >= 0.3 is 0 Å². The molecule has 2 rings (SSSR count). The molecule has 0 aliphatic carbocycles. The number of amidine groups is 1. The second kappa shape index (κ2) is 6.79. The number of piperidine rings is 1. The number of likely N-dealkylation sites (tertiary alicyclic amines) is 1. The molecule has 6 nitrogen and oxygen atoms in total. The minimum atomic E-state index is -0.486. The molecule has 120 valence electrons. The fourth-order valence-corrected chi connectivity index (χ4v) is 2.94. The van der Waals surface area contributed by atoms with Gasteiger partial charge in [0.25, 0.3) is 0 Å². The summed E-state index contributed by atoms with van der Waals surface area (Å²) in [4.78, 5) is 6.40. The van der Waals surface area contributed by atoms with Gasteiger partial charge in [-0.05, 0) is 56.8 Å². The molecular weight excluding hydrogens is 276 g/mol. The van der Waals surface area contributed by atoms with Gasteiger partial charge in [0.2, 0.25) is 0 Å². The maximum atomic E-state index is 7.77. The van der Waals surface area contributed by atoms with E-state index in [1.807, 2.05) is 36.1 Å². The van der Waals surface area contributed by atoms with Crippen molar-refractivity contribution in [1.82, 2.24) is 4.90 Å². The van der Waals surface area contributed by atoms with Gasteiger partial charge in [-0.25, -0.2) is 4.99 Å². The highest BCUT2D eigenvalue weighted by Gasteiger charge is 2.38. The fourth-order valence-electron chi connectivity index (χ4n) is 2.94. The van der Waals surface area contributed by atoms with Gasteiger partial charge in [-0.3, -0.25) is 5.41 Å². The lowest BCUT2D eigenvalue weighted by Crippen LogP contribution is -2.61. The van der Waals surface area contributed by atoms with Gasteiger partial charge in [-0.2, -0.15) is 0 Å². The van der Waals surface area contributed by atoms with Crippen LogP contribution in [-0.2, 0) is 6.42 Å². The largest absolute Gasteiger partial charge is 0.385 e. The second-order valence-corrected chi connectivity index (χ2v) is 5.97. The van der Waals surface area contributed by atoms with E-state index in [9.17, 15) is 0 Å². The fraction of sp³-hybridized carbons (Fsp3) is 0.500. The third-order valence-electron chi connectivity index (χ3n) is 4.35. The molecule has 1 aliphatic rings. The highest BCUT2D eigenvalue weighted by Crippen LogP contribution is 2.29. The Bertz CT molecular complexity index is 550. The van der Waals surface area contributed by atoms with E-state index in [1.54, 1.807) is 0 Å². The molecule has 0 radical (unpaired) electrons. The Balaban J connectivity index is 2.23. The molecule has 0 saturated carbocycles. The van der Waals surface area contributed by atoms with Crippen LogP contribution < -0.4 is 17.2 Å². The summed E-state index contributed by atoms with van der Waals surface area (Å²) >= 11 is 0. The van der Waals surface area contributed by atoms with Crippen LogP contribution in [0.15, 0.2) is 29.3 Å². The SMILES string of the molecule is CC1(C(N)=Nc2ccc(CCN)cc2)CCCCN1C(=N)N. The summed E-state index contributed by atoms with van der Waals surface area (Å²) in [7, 11) is 0. The minimum Gasteiger partial charge on any atom is -0.385 e. The molecule has 1 saturated heterocycles. The third-order valence-corrected chi connectivity index (χ3v) is 4.35. The lowest BCUT2D eigenvalue weighted by Gasteiger charge is -2.44. The molecular formula is C16H26N6. The summed E-state index contributed by atoms with van der Waals surface area (Å²) in [6.07, 6.45) is 3.80. The van der Waals surface area contributed by atoms with Crippen molar-refractivity contribution >= 4 is 17.5 Å². The van der Waals surface area contributed by atoms with Crippen LogP contribution in [0.1, 0.15) is 31.7 Å². The van der Waals surface area contributed by atoms with E-state index in [-0.39, 0.29) is 5.96 Å². The molecule has 1 aromatic rings. The lowest BCUT2D eigenvalue weighted by molar-refractivity contribution is 0.200. The third kappa shape index (κ3) is 3.39. The summed E-state index contributed by atoms with van der Waals surface area (Å²) in [5.74, 6) is 0.563. The smallest absolute Gasteiger partial charge is 0.189 e. The number of hydrogen-bond donors (Lipinski definition) is 4. The molecule has 1 heterocycles. The van der Waals surface area contributed by atoms with E-state index in [1.165, 1.54) is 5.56 Å². The number of guanidine groups is 1. The van der Waals surface area contributed by atoms with E-state index >= 15 is 0 Å². The minimum absolute atomic E-state index is 0.0543. The van der Waals surface area contributed by atoms with Crippen LogP contribution in [-0.4, -0.2) is 35.3 Å². The topological polar surface area (TPSA) is 118 Å². The first-order valence-corrected chi connectivity index (χ1v) is 7.72. The molecule has 0 bridgehead atoms. The Morgan fingerprint density at radius 1 is 1.27 bits per heavy atom. The van der Waals surface area contributed by atoms with E-state index < -0.39 is 5.54 Å². The maximum Gasteiger partial charge on any atom is 0.189 e. The van der Waals surface area contributed by atoms with Crippen molar-refractivity contribution in [3.63, 3.8) is 0 Å². The zero-order chi connectivity index (χ0) is 16.2. The summed E-state index contributed by atoms with van der Waals surface area (Å²) in [6.45, 7) is 3.39. The number of benzene rings is 1. The molecule has 7 N–H and O–H groups in total. The van der Waals surface area contributed by atoms with Gasteiger partial charge in [0.05, 0.1) is 11.2 Å². The lowest BCUT2D eigenvalue weighted by atomic mass is 9.87. The molecule has 0 amide bonds. The Kier molecular flexibility index (Phi) is 5.03. The van der Waals surface area contributed by atoms with Crippen molar-refractivity contribution in [2.24, 2.45) is 22.2 Å². The number of nitrogens with two attached hydrogens (primary N) is 3. The Hall–Kier alpha value is -2.08. The van der Waals surface area contributed by atoms with Gasteiger partial charge in [0, 0.05) is 6.54 Å². The first-order chi connectivity index (χ1) is 10.5. The van der Waals surface area contributed by atoms with Crippen LogP contribution in [0.4, 0.5) is 5.69 Å². The number of rotatable bonds is 4. The van der Waals surface area contributed by atoms with Gasteiger partial charge in [-0.1, -0.05) is 12.1 Å². The first kappa shape index (κ1) is 16.3. The van der Waals surface area contributed by atoms with Crippen molar-refractivity contribution < 1.29 is 0 Å². The predicted octanol–water partition coefficient (Wildman–Crippen LogP) is 1.31. The summed E-state index contributed by atoms with van der Waals surface area (Å²) in [5.41, 5.74) is 19.1. The van der Waals surface area contributed by atoms with Crippen LogP contribution >= 0.6 is 0 Å². The highest BCUT2D eigenvalue weighted by atomic mass is 15.3. The quantitative estimate of drug-likeness (QED) is 0.495. The second-order valence-electron chi connectivity index (χ2n) is 5.97. The molecule has 1 fully saturated rings. The average Bonchev–Trinajstić information content (AvgIpc) is 2.49. The van der Waals surface area contributed by atoms with E-state index in [0.717, 1.165) is 37.9 Å². The number of nitrogens with zero attached hydrogens (tertiary/aromatic N) is 2. The van der Waals surface area contributed by atoms with Crippen molar-refractivity contribution in [3.8, 4) is 0 Å². The normalized spacial score (nSPS) is 22.6. The molecule has 1 aliphatic heterocycles. The maximum absolute atomic E-state index is 7.77. The van der Waals surface area contributed by atoms with Gasteiger partial charge in [-0.15, -0.1) is 0 Å². The number of aliphatic imine (C=N–C) groups is 1. The molecule has 1 unspecified atom stereocenters. The van der Waals surface area contributed by atoms with Crippen LogP contribution in [0.5, 0.6) is 0 Å². The van der Waals surface area contributed by atoms with Crippen LogP contribution in [0.2, 0.25) is 0 Å². The Morgan fingerprint density at radius 3 is 2.55 bits per heavy atom. The van der Waals surface area contributed by atoms with Gasteiger partial charge in [0.15, 0.2) is 5.96 Å². The van der Waals surface area contributed by atoms with Crippen molar-refractivity contribution in [1.29, 1.82) is 5.41 Å². The molecule has 6 heteroatoms. The summed E-state index contributed by atoms with van der Waals surface area (Å²) in [6, 6.07) is 7.93. The van der Waals surface area contributed by atoms with E-state index in [2.05, 4.69) is 4.99 Å². The molecule has 22 heavy (non-hydrogen) atoms. The molecule has 0 spiro atoms. The standard InChI is InChI=1S/C16H26N6/c1-16(9-2-3-11-22(16)15(19)20)14(18)21-13-6-4-12(5-7-13)8-10-17/h4-7H,2-3,8-11,17H2,1H3,(H2,18,21)(H3,19,20). The zero-order valence-electron chi connectivity index (χ0n) is 13.2. The summed E-state index contributed by atoms with van der Waals surface area (Å²) < 4.78 is 0. The predicted molar refractivity (Wildman–Crippen MR) is 91.4 cm³/mol. The van der Waals surface area contributed by atoms with Gasteiger partial charge < -0.3 is 22.1 Å². The van der Waals surface area contributed by atoms with Crippen molar-refractivity contribution in [3.05, 3.63) is 29.8 Å². The van der Waals surface area contributed by atoms with Crippen molar-refractivity contribution in [2.45, 2.75) is 38.1 Å². The monoisotopic (exact) mass is 302 g/mol. The van der Waals surface area contributed by atoms with Crippen molar-refractivity contribution in [2.75, 3.05) is 13.1 Å². The van der Waals surface area contributed by atoms with Crippen LogP contribution in [0.25, 0.3) is 0 Å². The first-order valence-electron chi connectivity index (χ1n) is 7.72.